The Bertz CT molecular complexity index is 667. The Morgan fingerprint density at radius 1 is 1.00 bits per heavy atom. The van der Waals surface area contributed by atoms with Crippen molar-refractivity contribution in [3.05, 3.63) is 36.7 Å². The van der Waals surface area contributed by atoms with Gasteiger partial charge in [-0.1, -0.05) is 30.3 Å². The van der Waals surface area contributed by atoms with Crippen LogP contribution in [-0.2, 0) is 0 Å². The van der Waals surface area contributed by atoms with Gasteiger partial charge in [-0.2, -0.15) is 0 Å². The number of hydrogen-bond donors (Lipinski definition) is 1. The predicted octanol–water partition coefficient (Wildman–Crippen LogP) is 1.06. The van der Waals surface area contributed by atoms with Crippen molar-refractivity contribution < 1.29 is 0 Å². The highest BCUT2D eigenvalue weighted by Crippen LogP contribution is 2.19. The molecule has 0 aliphatic heterocycles. The maximum Gasteiger partial charge on any atom is 0.206 e. The molecule has 0 unspecified atom stereocenters. The quantitative estimate of drug-likeness (QED) is 0.664. The predicted molar refractivity (Wildman–Crippen MR) is 62.8 cm³/mol. The van der Waals surface area contributed by atoms with Crippen LogP contribution in [0.5, 0.6) is 0 Å². The van der Waals surface area contributed by atoms with Crippen LogP contribution in [0.25, 0.3) is 22.6 Å². The minimum atomic E-state index is 0.309. The molecule has 0 aliphatic rings. The molecule has 6 heteroatoms. The summed E-state index contributed by atoms with van der Waals surface area (Å²) < 4.78 is 0. The second-order valence-corrected chi connectivity index (χ2v) is 3.43. The normalized spacial score (nSPS) is 10.6. The lowest BCUT2D eigenvalue weighted by molar-refractivity contribution is 0.993. The largest absolute Gasteiger partial charge is 0.382 e. The molecule has 3 aromatic rings. The van der Waals surface area contributed by atoms with Crippen molar-refractivity contribution in [1.82, 2.24) is 25.1 Å². The molecule has 1 aromatic carbocycles. The van der Waals surface area contributed by atoms with Gasteiger partial charge in [0.1, 0.15) is 6.33 Å². The number of rotatable bonds is 1. The molecular weight excluding hydrogens is 216 g/mol. The zero-order valence-electron chi connectivity index (χ0n) is 8.78. The third kappa shape index (κ3) is 1.65. The Labute approximate surface area is 96.6 Å². The molecule has 0 bridgehead atoms. The molecule has 0 fully saturated rings. The molecule has 3 rings (SSSR count). The lowest BCUT2D eigenvalue weighted by Gasteiger charge is -2.02. The zero-order chi connectivity index (χ0) is 11.7. The van der Waals surface area contributed by atoms with E-state index in [2.05, 4.69) is 25.1 Å². The highest BCUT2D eigenvalue weighted by atomic mass is 15.2. The lowest BCUT2D eigenvalue weighted by Crippen LogP contribution is -2.01. The summed E-state index contributed by atoms with van der Waals surface area (Å²) in [5.74, 6) is 0.835. The second-order valence-electron chi connectivity index (χ2n) is 3.43. The molecule has 17 heavy (non-hydrogen) atoms. The Morgan fingerprint density at radius 2 is 1.82 bits per heavy atom. The SMILES string of the molecule is Nc1nc(-c2ccccc2)nc2nncnc12. The molecule has 0 saturated heterocycles. The molecule has 0 saturated carbocycles. The summed E-state index contributed by atoms with van der Waals surface area (Å²) in [4.78, 5) is 12.5. The van der Waals surface area contributed by atoms with Crippen LogP contribution in [0.4, 0.5) is 5.82 Å². The number of nitrogens with zero attached hydrogens (tertiary/aromatic N) is 5. The first-order chi connectivity index (χ1) is 8.34. The van der Waals surface area contributed by atoms with Crippen LogP contribution in [0, 0.1) is 0 Å². The van der Waals surface area contributed by atoms with E-state index in [0.29, 0.717) is 22.8 Å². The van der Waals surface area contributed by atoms with Gasteiger partial charge in [0.05, 0.1) is 0 Å². The van der Waals surface area contributed by atoms with Gasteiger partial charge in [-0.25, -0.2) is 15.0 Å². The molecule has 0 amide bonds. The number of anilines is 1. The van der Waals surface area contributed by atoms with Crippen LogP contribution in [0.2, 0.25) is 0 Å². The van der Waals surface area contributed by atoms with E-state index in [0.717, 1.165) is 5.56 Å². The van der Waals surface area contributed by atoms with Crippen LogP contribution in [0.15, 0.2) is 36.7 Å². The van der Waals surface area contributed by atoms with Gasteiger partial charge in [0, 0.05) is 5.56 Å². The fourth-order valence-corrected chi connectivity index (χ4v) is 1.53. The summed E-state index contributed by atoms with van der Waals surface area (Å²) in [6.07, 6.45) is 1.32. The average molecular weight is 224 g/mol. The summed E-state index contributed by atoms with van der Waals surface area (Å²) in [7, 11) is 0. The van der Waals surface area contributed by atoms with Gasteiger partial charge in [0.25, 0.3) is 0 Å². The van der Waals surface area contributed by atoms with E-state index in [4.69, 9.17) is 5.73 Å². The number of aromatic nitrogens is 5. The van der Waals surface area contributed by atoms with Gasteiger partial charge in [0.15, 0.2) is 17.2 Å². The number of benzene rings is 1. The molecule has 0 spiro atoms. The molecule has 2 heterocycles. The molecule has 2 aromatic heterocycles. The third-order valence-corrected chi connectivity index (χ3v) is 2.32. The van der Waals surface area contributed by atoms with E-state index in [1.54, 1.807) is 0 Å². The Morgan fingerprint density at radius 3 is 2.65 bits per heavy atom. The first-order valence-electron chi connectivity index (χ1n) is 5.01. The van der Waals surface area contributed by atoms with Crippen molar-refractivity contribution in [2.75, 3.05) is 5.73 Å². The molecule has 6 nitrogen and oxygen atoms in total. The monoisotopic (exact) mass is 224 g/mol. The van der Waals surface area contributed by atoms with Crippen molar-refractivity contribution in [1.29, 1.82) is 0 Å². The lowest BCUT2D eigenvalue weighted by atomic mass is 10.2. The number of nitrogen functional groups attached to an aromatic ring is 1. The molecule has 82 valence electrons. The van der Waals surface area contributed by atoms with E-state index in [-0.39, 0.29) is 0 Å². The van der Waals surface area contributed by atoms with Crippen molar-refractivity contribution >= 4 is 17.0 Å². The van der Waals surface area contributed by atoms with E-state index in [9.17, 15) is 0 Å². The third-order valence-electron chi connectivity index (χ3n) is 2.32. The number of fused-ring (bicyclic) bond motifs is 1. The smallest absolute Gasteiger partial charge is 0.206 e. The van der Waals surface area contributed by atoms with Gasteiger partial charge in [0.2, 0.25) is 5.65 Å². The highest BCUT2D eigenvalue weighted by Gasteiger charge is 2.08. The first kappa shape index (κ1) is 9.59. The average Bonchev–Trinajstić information content (AvgIpc) is 2.40. The van der Waals surface area contributed by atoms with E-state index in [1.807, 2.05) is 30.3 Å². The summed E-state index contributed by atoms with van der Waals surface area (Å²) in [6.45, 7) is 0. The minimum absolute atomic E-state index is 0.309. The minimum Gasteiger partial charge on any atom is -0.382 e. The fourth-order valence-electron chi connectivity index (χ4n) is 1.53. The molecule has 2 N–H and O–H groups in total. The van der Waals surface area contributed by atoms with E-state index < -0.39 is 0 Å². The van der Waals surface area contributed by atoms with Gasteiger partial charge >= 0.3 is 0 Å². The molecule has 0 atom stereocenters. The van der Waals surface area contributed by atoms with Crippen molar-refractivity contribution in [2.45, 2.75) is 0 Å². The van der Waals surface area contributed by atoms with Crippen LogP contribution in [-0.4, -0.2) is 25.1 Å². The summed E-state index contributed by atoms with van der Waals surface area (Å²) >= 11 is 0. The van der Waals surface area contributed by atoms with E-state index >= 15 is 0 Å². The summed E-state index contributed by atoms with van der Waals surface area (Å²) in [6, 6.07) is 9.56. The van der Waals surface area contributed by atoms with Gasteiger partial charge < -0.3 is 5.73 Å². The summed E-state index contributed by atoms with van der Waals surface area (Å²) in [5, 5.41) is 7.57. The zero-order valence-corrected chi connectivity index (χ0v) is 8.78. The van der Waals surface area contributed by atoms with Crippen LogP contribution in [0.1, 0.15) is 0 Å². The van der Waals surface area contributed by atoms with Crippen molar-refractivity contribution in [2.24, 2.45) is 0 Å². The fraction of sp³-hybridized carbons (Fsp3) is 0. The van der Waals surface area contributed by atoms with Gasteiger partial charge in [-0.15, -0.1) is 10.2 Å². The molecular formula is C11H8N6. The first-order valence-corrected chi connectivity index (χ1v) is 5.01. The summed E-state index contributed by atoms with van der Waals surface area (Å²) in [5.41, 5.74) is 7.57. The number of nitrogens with two attached hydrogens (primary N) is 1. The maximum absolute atomic E-state index is 5.81. The molecule has 0 radical (unpaired) electrons. The van der Waals surface area contributed by atoms with Crippen molar-refractivity contribution in [3.8, 4) is 11.4 Å². The Hall–Kier alpha value is -2.63. The second kappa shape index (κ2) is 3.75. The van der Waals surface area contributed by atoms with Crippen LogP contribution >= 0.6 is 0 Å². The standard InChI is InChI=1S/C11H8N6/c12-9-8-11(17-14-6-13-8)16-10(15-9)7-4-2-1-3-5-7/h1-6H,(H2,12,15,16,17). The highest BCUT2D eigenvalue weighted by molar-refractivity contribution is 5.82. The van der Waals surface area contributed by atoms with Gasteiger partial charge in [-0.05, 0) is 0 Å². The van der Waals surface area contributed by atoms with Crippen molar-refractivity contribution in [3.63, 3.8) is 0 Å². The molecule has 0 aliphatic carbocycles. The maximum atomic E-state index is 5.81. The van der Waals surface area contributed by atoms with E-state index in [1.165, 1.54) is 6.33 Å². The van der Waals surface area contributed by atoms with Gasteiger partial charge in [-0.3, -0.25) is 0 Å². The number of hydrogen-bond acceptors (Lipinski definition) is 6. The van der Waals surface area contributed by atoms with Crippen LogP contribution in [0.3, 0.4) is 0 Å². The topological polar surface area (TPSA) is 90.5 Å². The Kier molecular flexibility index (Phi) is 2.11. The Balaban J connectivity index is 2.26. The van der Waals surface area contributed by atoms with Crippen LogP contribution < -0.4 is 5.73 Å².